The smallest absolute Gasteiger partial charge is 0.358 e. The second kappa shape index (κ2) is 5.83. The fourth-order valence-electron chi connectivity index (χ4n) is 2.36. The number of aromatic nitrogens is 1. The molecule has 0 aliphatic rings. The number of rotatable bonds is 4. The lowest BCUT2D eigenvalue weighted by atomic mass is 9.83. The Kier molecular flexibility index (Phi) is 4.26. The number of hydrogen-bond acceptors (Lipinski definition) is 4. The van der Waals surface area contributed by atoms with E-state index >= 15 is 0 Å². The Labute approximate surface area is 129 Å². The van der Waals surface area contributed by atoms with Crippen LogP contribution in [0.25, 0.3) is 11.3 Å². The van der Waals surface area contributed by atoms with E-state index in [2.05, 4.69) is 38.9 Å². The van der Waals surface area contributed by atoms with E-state index < -0.39 is 5.97 Å². The number of hydrogen-bond donors (Lipinski definition) is 1. The number of carboxylic acid groups (broad SMARTS) is 1. The Hall–Kier alpha value is -2.30. The summed E-state index contributed by atoms with van der Waals surface area (Å²) in [5.41, 5.74) is 2.69. The van der Waals surface area contributed by atoms with Gasteiger partial charge in [-0.1, -0.05) is 38.9 Å². The third-order valence-corrected chi connectivity index (χ3v) is 3.56. The number of ether oxygens (including phenoxy) is 1. The minimum absolute atomic E-state index is 0.110. The summed E-state index contributed by atoms with van der Waals surface area (Å²) in [6.07, 6.45) is 0.861. The van der Waals surface area contributed by atoms with Crippen LogP contribution in [-0.2, 0) is 11.8 Å². The summed E-state index contributed by atoms with van der Waals surface area (Å²) in [6, 6.07) is 5.50. The van der Waals surface area contributed by atoms with Crippen LogP contribution < -0.4 is 4.74 Å². The van der Waals surface area contributed by atoms with Crippen LogP contribution in [0.5, 0.6) is 5.75 Å². The molecule has 118 valence electrons. The van der Waals surface area contributed by atoms with Crippen LogP contribution in [0.3, 0.4) is 0 Å². The largest absolute Gasteiger partial charge is 0.496 e. The molecule has 1 N–H and O–H groups in total. The second-order valence-electron chi connectivity index (χ2n) is 6.21. The Bertz CT molecular complexity index is 695. The van der Waals surface area contributed by atoms with Gasteiger partial charge in [0.15, 0.2) is 11.5 Å². The molecule has 2 rings (SSSR count). The molecule has 22 heavy (non-hydrogen) atoms. The van der Waals surface area contributed by atoms with Gasteiger partial charge in [-0.05, 0) is 23.5 Å². The van der Waals surface area contributed by atoms with E-state index in [4.69, 9.17) is 14.4 Å². The minimum Gasteiger partial charge on any atom is -0.496 e. The predicted octanol–water partition coefficient (Wildman–Crippen LogP) is 3.91. The number of benzene rings is 1. The third kappa shape index (κ3) is 2.98. The minimum atomic E-state index is -1.11. The number of carbonyl (C=O) groups is 1. The SMILES string of the molecule is CCc1cc(-c2cc(C(=O)O)no2)c(OC)c(C(C)(C)C)c1. The van der Waals surface area contributed by atoms with Crippen molar-refractivity contribution in [3.8, 4) is 17.1 Å². The molecule has 0 spiro atoms. The van der Waals surface area contributed by atoms with E-state index in [1.807, 2.05) is 6.07 Å². The molecule has 1 aromatic heterocycles. The molecule has 0 atom stereocenters. The monoisotopic (exact) mass is 303 g/mol. The van der Waals surface area contributed by atoms with Gasteiger partial charge in [-0.2, -0.15) is 0 Å². The lowest BCUT2D eigenvalue weighted by Crippen LogP contribution is -2.14. The Morgan fingerprint density at radius 2 is 2.00 bits per heavy atom. The normalized spacial score (nSPS) is 11.5. The molecule has 0 unspecified atom stereocenters. The molecule has 0 radical (unpaired) electrons. The van der Waals surface area contributed by atoms with Crippen LogP contribution in [0.1, 0.15) is 49.3 Å². The molecule has 5 heteroatoms. The summed E-state index contributed by atoms with van der Waals surface area (Å²) in [5.74, 6) is -0.0236. The van der Waals surface area contributed by atoms with Gasteiger partial charge < -0.3 is 14.4 Å². The first kappa shape index (κ1) is 16.1. The van der Waals surface area contributed by atoms with Crippen molar-refractivity contribution in [2.75, 3.05) is 7.11 Å². The van der Waals surface area contributed by atoms with Crippen LogP contribution >= 0.6 is 0 Å². The fourth-order valence-corrected chi connectivity index (χ4v) is 2.36. The Balaban J connectivity index is 2.70. The van der Waals surface area contributed by atoms with Gasteiger partial charge in [0.05, 0.1) is 12.7 Å². The van der Waals surface area contributed by atoms with Crippen LogP contribution in [0.4, 0.5) is 0 Å². The molecule has 0 saturated carbocycles. The maximum atomic E-state index is 11.0. The summed E-state index contributed by atoms with van der Waals surface area (Å²) in [4.78, 5) is 11.0. The lowest BCUT2D eigenvalue weighted by molar-refractivity contribution is 0.0686. The van der Waals surface area contributed by atoms with Crippen LogP contribution in [0.2, 0.25) is 0 Å². The summed E-state index contributed by atoms with van der Waals surface area (Å²) in [6.45, 7) is 8.40. The second-order valence-corrected chi connectivity index (χ2v) is 6.21. The zero-order valence-corrected chi connectivity index (χ0v) is 13.6. The standard InChI is InChI=1S/C17H21NO4/c1-6-10-7-11(14-9-13(16(19)20)18-22-14)15(21-5)12(8-10)17(2,3)4/h7-9H,6H2,1-5H3,(H,19,20). The number of carboxylic acids is 1. The van der Waals surface area contributed by atoms with Crippen molar-refractivity contribution in [3.63, 3.8) is 0 Å². The van der Waals surface area contributed by atoms with Crippen molar-refractivity contribution in [2.45, 2.75) is 39.5 Å². The molecule has 1 aromatic carbocycles. The first-order valence-corrected chi connectivity index (χ1v) is 7.19. The molecule has 0 aliphatic carbocycles. The average molecular weight is 303 g/mol. The van der Waals surface area contributed by atoms with Crippen LogP contribution in [0.15, 0.2) is 22.7 Å². The summed E-state index contributed by atoms with van der Waals surface area (Å²) >= 11 is 0. The third-order valence-electron chi connectivity index (χ3n) is 3.56. The average Bonchev–Trinajstić information content (AvgIpc) is 2.94. The highest BCUT2D eigenvalue weighted by atomic mass is 16.5. The first-order valence-electron chi connectivity index (χ1n) is 7.19. The predicted molar refractivity (Wildman–Crippen MR) is 83.5 cm³/mol. The van der Waals surface area contributed by atoms with Crippen molar-refractivity contribution in [3.05, 3.63) is 35.0 Å². The van der Waals surface area contributed by atoms with Crippen molar-refractivity contribution < 1.29 is 19.2 Å². The van der Waals surface area contributed by atoms with Crippen LogP contribution in [-0.4, -0.2) is 23.3 Å². The van der Waals surface area contributed by atoms with Gasteiger partial charge in [-0.15, -0.1) is 0 Å². The Morgan fingerprint density at radius 1 is 1.32 bits per heavy atom. The molecular formula is C17H21NO4. The Morgan fingerprint density at radius 3 is 2.45 bits per heavy atom. The van der Waals surface area contributed by atoms with E-state index in [0.717, 1.165) is 23.1 Å². The maximum absolute atomic E-state index is 11.0. The summed E-state index contributed by atoms with van der Waals surface area (Å²) in [7, 11) is 1.61. The highest BCUT2D eigenvalue weighted by Gasteiger charge is 2.25. The van der Waals surface area contributed by atoms with E-state index in [0.29, 0.717) is 11.5 Å². The van der Waals surface area contributed by atoms with Crippen LogP contribution in [0, 0.1) is 0 Å². The van der Waals surface area contributed by atoms with Gasteiger partial charge in [-0.25, -0.2) is 4.79 Å². The van der Waals surface area contributed by atoms with Gasteiger partial charge in [0.1, 0.15) is 5.75 Å². The van der Waals surface area contributed by atoms with Gasteiger partial charge in [0, 0.05) is 11.6 Å². The summed E-state index contributed by atoms with van der Waals surface area (Å²) < 4.78 is 10.8. The topological polar surface area (TPSA) is 72.6 Å². The van der Waals surface area contributed by atoms with Crippen molar-refractivity contribution in [2.24, 2.45) is 0 Å². The lowest BCUT2D eigenvalue weighted by Gasteiger charge is -2.24. The van der Waals surface area contributed by atoms with E-state index in [1.165, 1.54) is 6.07 Å². The van der Waals surface area contributed by atoms with E-state index in [1.54, 1.807) is 7.11 Å². The highest BCUT2D eigenvalue weighted by Crippen LogP contribution is 2.40. The molecule has 1 heterocycles. The van der Waals surface area contributed by atoms with Gasteiger partial charge in [-0.3, -0.25) is 0 Å². The van der Waals surface area contributed by atoms with E-state index in [9.17, 15) is 4.79 Å². The number of nitrogens with zero attached hydrogens (tertiary/aromatic N) is 1. The number of methoxy groups -OCH3 is 1. The van der Waals surface area contributed by atoms with Crippen molar-refractivity contribution in [1.82, 2.24) is 5.16 Å². The van der Waals surface area contributed by atoms with Crippen molar-refractivity contribution >= 4 is 5.97 Å². The molecule has 0 saturated heterocycles. The zero-order chi connectivity index (χ0) is 16.5. The van der Waals surface area contributed by atoms with E-state index in [-0.39, 0.29) is 11.1 Å². The molecule has 0 fully saturated rings. The zero-order valence-electron chi connectivity index (χ0n) is 13.6. The molecule has 0 bridgehead atoms. The number of aromatic carboxylic acids is 1. The molecule has 0 amide bonds. The fraction of sp³-hybridized carbons (Fsp3) is 0.412. The first-order chi connectivity index (χ1) is 10.3. The van der Waals surface area contributed by atoms with Crippen molar-refractivity contribution in [1.29, 1.82) is 0 Å². The molecule has 2 aromatic rings. The maximum Gasteiger partial charge on any atom is 0.358 e. The number of aryl methyl sites for hydroxylation is 1. The highest BCUT2D eigenvalue weighted by molar-refractivity contribution is 5.87. The quantitative estimate of drug-likeness (QED) is 0.927. The molecule has 0 aliphatic heterocycles. The molecule has 5 nitrogen and oxygen atoms in total. The summed E-state index contributed by atoms with van der Waals surface area (Å²) in [5, 5.41) is 12.6. The van der Waals surface area contributed by atoms with Gasteiger partial charge in [0.2, 0.25) is 0 Å². The van der Waals surface area contributed by atoms with Gasteiger partial charge >= 0.3 is 5.97 Å². The van der Waals surface area contributed by atoms with Gasteiger partial charge in [0.25, 0.3) is 0 Å². The molecular weight excluding hydrogens is 282 g/mol.